The highest BCUT2D eigenvalue weighted by atomic mass is 16.6. The molecule has 1 aromatic rings. The van der Waals surface area contributed by atoms with Crippen LogP contribution in [0.15, 0.2) is 24.3 Å². The molecule has 0 radical (unpaired) electrons. The molecule has 80 valence electrons. The van der Waals surface area contributed by atoms with Crippen molar-refractivity contribution in [1.29, 1.82) is 0 Å². The summed E-state index contributed by atoms with van der Waals surface area (Å²) in [6.07, 6.45) is 4.28. The van der Waals surface area contributed by atoms with E-state index in [1.165, 1.54) is 24.0 Å². The zero-order chi connectivity index (χ0) is 10.1. The van der Waals surface area contributed by atoms with Gasteiger partial charge >= 0.3 is 0 Å². The molecule has 1 saturated heterocycles. The van der Waals surface area contributed by atoms with E-state index in [9.17, 15) is 0 Å². The van der Waals surface area contributed by atoms with Gasteiger partial charge in [0.15, 0.2) is 0 Å². The Bertz CT molecular complexity index is 344. The molecule has 0 spiro atoms. The van der Waals surface area contributed by atoms with Crippen LogP contribution in [0.4, 0.5) is 0 Å². The number of epoxide rings is 1. The minimum Gasteiger partial charge on any atom is -0.371 e. The van der Waals surface area contributed by atoms with Crippen LogP contribution in [0.2, 0.25) is 0 Å². The Kier molecular flexibility index (Phi) is 2.47. The smallest absolute Gasteiger partial charge is 0.104 e. The fourth-order valence-electron chi connectivity index (χ4n) is 2.27. The van der Waals surface area contributed by atoms with Crippen LogP contribution >= 0.6 is 0 Å². The average molecular weight is 204 g/mol. The van der Waals surface area contributed by atoms with Gasteiger partial charge in [0.25, 0.3) is 0 Å². The lowest BCUT2D eigenvalue weighted by Gasteiger charge is -2.25. The Morgan fingerprint density at radius 3 is 3.07 bits per heavy atom. The van der Waals surface area contributed by atoms with E-state index in [1.54, 1.807) is 0 Å². The maximum atomic E-state index is 5.91. The molecule has 2 heteroatoms. The lowest BCUT2D eigenvalue weighted by atomic mass is 9.89. The van der Waals surface area contributed by atoms with Gasteiger partial charge in [-0.2, -0.15) is 0 Å². The van der Waals surface area contributed by atoms with Crippen molar-refractivity contribution in [3.05, 3.63) is 35.4 Å². The monoisotopic (exact) mass is 204 g/mol. The van der Waals surface area contributed by atoms with Crippen molar-refractivity contribution in [3.63, 3.8) is 0 Å². The fraction of sp³-hybridized carbons (Fsp3) is 0.538. The van der Waals surface area contributed by atoms with Crippen LogP contribution in [0.25, 0.3) is 0 Å². The lowest BCUT2D eigenvalue weighted by molar-refractivity contribution is 0.0310. The zero-order valence-corrected chi connectivity index (χ0v) is 8.82. The van der Waals surface area contributed by atoms with Crippen LogP contribution in [0.5, 0.6) is 0 Å². The Labute approximate surface area is 90.2 Å². The third-order valence-electron chi connectivity index (χ3n) is 3.20. The number of hydrogen-bond acceptors (Lipinski definition) is 2. The summed E-state index contributed by atoms with van der Waals surface area (Å²) in [5, 5.41) is 0. The summed E-state index contributed by atoms with van der Waals surface area (Å²) in [7, 11) is 0. The van der Waals surface area contributed by atoms with E-state index >= 15 is 0 Å². The minimum absolute atomic E-state index is 0.305. The molecule has 2 nitrogen and oxygen atoms in total. The van der Waals surface area contributed by atoms with Gasteiger partial charge in [0.05, 0.1) is 19.3 Å². The van der Waals surface area contributed by atoms with E-state index in [0.29, 0.717) is 12.2 Å². The first-order valence-electron chi connectivity index (χ1n) is 5.74. The van der Waals surface area contributed by atoms with Crippen LogP contribution in [0.3, 0.4) is 0 Å². The van der Waals surface area contributed by atoms with Gasteiger partial charge in [-0.3, -0.25) is 0 Å². The quantitative estimate of drug-likeness (QED) is 0.705. The summed E-state index contributed by atoms with van der Waals surface area (Å²) in [5.74, 6) is 0. The summed E-state index contributed by atoms with van der Waals surface area (Å²) in [4.78, 5) is 0. The molecule has 0 N–H and O–H groups in total. The van der Waals surface area contributed by atoms with Crippen molar-refractivity contribution in [2.24, 2.45) is 0 Å². The fourth-order valence-corrected chi connectivity index (χ4v) is 2.27. The number of hydrogen-bond donors (Lipinski definition) is 0. The zero-order valence-electron chi connectivity index (χ0n) is 8.82. The number of fused-ring (bicyclic) bond motifs is 1. The van der Waals surface area contributed by atoms with E-state index in [1.807, 2.05) is 0 Å². The van der Waals surface area contributed by atoms with E-state index in [2.05, 4.69) is 24.3 Å². The van der Waals surface area contributed by atoms with Crippen molar-refractivity contribution in [3.8, 4) is 0 Å². The van der Waals surface area contributed by atoms with Crippen LogP contribution in [0.1, 0.15) is 30.1 Å². The number of benzene rings is 1. The Balaban J connectivity index is 1.73. The Hall–Kier alpha value is -0.860. The molecule has 2 aliphatic rings. The second-order valence-electron chi connectivity index (χ2n) is 4.37. The van der Waals surface area contributed by atoms with Crippen molar-refractivity contribution in [2.45, 2.75) is 31.5 Å². The van der Waals surface area contributed by atoms with Gasteiger partial charge in [0.1, 0.15) is 6.10 Å². The van der Waals surface area contributed by atoms with Gasteiger partial charge < -0.3 is 9.47 Å². The van der Waals surface area contributed by atoms with Crippen molar-refractivity contribution in [2.75, 3.05) is 13.2 Å². The predicted octanol–water partition coefficient (Wildman–Crippen LogP) is 2.48. The number of aryl methyl sites for hydroxylation is 1. The van der Waals surface area contributed by atoms with Crippen molar-refractivity contribution < 1.29 is 9.47 Å². The Morgan fingerprint density at radius 2 is 2.20 bits per heavy atom. The van der Waals surface area contributed by atoms with Gasteiger partial charge in [-0.15, -0.1) is 0 Å². The second-order valence-corrected chi connectivity index (χ2v) is 4.37. The molecule has 0 saturated carbocycles. The summed E-state index contributed by atoms with van der Waals surface area (Å²) in [6.45, 7) is 1.65. The molecule has 0 bridgehead atoms. The summed E-state index contributed by atoms with van der Waals surface area (Å²) in [5.41, 5.74) is 2.86. The first-order chi connectivity index (χ1) is 7.43. The van der Waals surface area contributed by atoms with E-state index in [4.69, 9.17) is 9.47 Å². The highest BCUT2D eigenvalue weighted by molar-refractivity contribution is 5.31. The highest BCUT2D eigenvalue weighted by Gasteiger charge is 2.26. The molecule has 1 heterocycles. The molecule has 1 aromatic carbocycles. The van der Waals surface area contributed by atoms with E-state index in [0.717, 1.165) is 19.6 Å². The predicted molar refractivity (Wildman–Crippen MR) is 57.8 cm³/mol. The SMILES string of the molecule is c1ccc2c(c1)CCC[C@H]2OC[C@H]1CO1. The van der Waals surface area contributed by atoms with E-state index in [-0.39, 0.29) is 0 Å². The molecule has 3 rings (SSSR count). The molecule has 2 atom stereocenters. The number of ether oxygens (including phenoxy) is 2. The van der Waals surface area contributed by atoms with Gasteiger partial charge in [-0.1, -0.05) is 24.3 Å². The summed E-state index contributed by atoms with van der Waals surface area (Å²) >= 11 is 0. The molecular weight excluding hydrogens is 188 g/mol. The van der Waals surface area contributed by atoms with Gasteiger partial charge in [0.2, 0.25) is 0 Å². The van der Waals surface area contributed by atoms with Crippen LogP contribution < -0.4 is 0 Å². The Morgan fingerprint density at radius 1 is 1.33 bits per heavy atom. The maximum Gasteiger partial charge on any atom is 0.104 e. The van der Waals surface area contributed by atoms with Crippen LogP contribution in [-0.4, -0.2) is 19.3 Å². The highest BCUT2D eigenvalue weighted by Crippen LogP contribution is 2.32. The molecule has 1 aliphatic heterocycles. The van der Waals surface area contributed by atoms with Gasteiger partial charge in [-0.25, -0.2) is 0 Å². The molecular formula is C13H16O2. The molecule has 0 unspecified atom stereocenters. The number of rotatable bonds is 3. The summed E-state index contributed by atoms with van der Waals surface area (Å²) in [6, 6.07) is 8.64. The van der Waals surface area contributed by atoms with Crippen molar-refractivity contribution >= 4 is 0 Å². The van der Waals surface area contributed by atoms with Gasteiger partial charge in [0, 0.05) is 0 Å². The first-order valence-corrected chi connectivity index (χ1v) is 5.74. The van der Waals surface area contributed by atoms with Crippen LogP contribution in [0, 0.1) is 0 Å². The molecule has 1 aliphatic carbocycles. The lowest BCUT2D eigenvalue weighted by Crippen LogP contribution is -2.15. The molecule has 0 aromatic heterocycles. The van der Waals surface area contributed by atoms with E-state index < -0.39 is 0 Å². The third-order valence-corrected chi connectivity index (χ3v) is 3.20. The average Bonchev–Trinajstić information content (AvgIpc) is 3.10. The normalized spacial score (nSPS) is 28.5. The molecule has 15 heavy (non-hydrogen) atoms. The topological polar surface area (TPSA) is 21.8 Å². The largest absolute Gasteiger partial charge is 0.371 e. The first kappa shape index (κ1) is 9.37. The maximum absolute atomic E-state index is 5.91. The third kappa shape index (κ3) is 2.06. The van der Waals surface area contributed by atoms with Crippen molar-refractivity contribution in [1.82, 2.24) is 0 Å². The minimum atomic E-state index is 0.305. The summed E-state index contributed by atoms with van der Waals surface area (Å²) < 4.78 is 11.1. The van der Waals surface area contributed by atoms with Crippen LogP contribution in [-0.2, 0) is 15.9 Å². The van der Waals surface area contributed by atoms with Gasteiger partial charge in [-0.05, 0) is 30.4 Å². The standard InChI is InChI=1S/C13H16O2/c1-2-6-12-10(4-1)5-3-7-13(12)15-9-11-8-14-11/h1-2,4,6,11,13H,3,5,7-9H2/t11-,13-/m1/s1. The molecule has 0 amide bonds. The second kappa shape index (κ2) is 3.95. The molecule has 1 fully saturated rings.